The highest BCUT2D eigenvalue weighted by atomic mass is 16.1. The van der Waals surface area contributed by atoms with Crippen LogP contribution in [0.25, 0.3) is 16.5 Å². The first kappa shape index (κ1) is 17.6. The lowest BCUT2D eigenvalue weighted by molar-refractivity contribution is 0.0954. The van der Waals surface area contributed by atoms with Crippen LogP contribution in [0.4, 0.5) is 0 Å². The maximum Gasteiger partial charge on any atom is 0.279 e. The molecular formula is C20H18N6O2. The Morgan fingerprint density at radius 2 is 1.96 bits per heavy atom. The maximum absolute atomic E-state index is 12.8. The molecule has 2 aromatic carbocycles. The Kier molecular flexibility index (Phi) is 4.67. The molecule has 0 saturated heterocycles. The van der Waals surface area contributed by atoms with Gasteiger partial charge < -0.3 is 5.32 Å². The minimum Gasteiger partial charge on any atom is -0.352 e. The van der Waals surface area contributed by atoms with E-state index in [1.54, 1.807) is 36.5 Å². The van der Waals surface area contributed by atoms with Crippen LogP contribution in [-0.2, 0) is 6.42 Å². The molecule has 0 aliphatic heterocycles. The molecule has 4 aromatic rings. The topological polar surface area (TPSA) is 106 Å². The Bertz CT molecular complexity index is 1200. The number of aromatic nitrogens is 5. The highest BCUT2D eigenvalue weighted by molar-refractivity contribution is 5.94. The van der Waals surface area contributed by atoms with E-state index in [1.165, 1.54) is 4.68 Å². The van der Waals surface area contributed by atoms with E-state index in [0.717, 1.165) is 16.8 Å². The van der Waals surface area contributed by atoms with E-state index < -0.39 is 0 Å². The Morgan fingerprint density at radius 1 is 1.14 bits per heavy atom. The molecule has 8 nitrogen and oxygen atoms in total. The zero-order chi connectivity index (χ0) is 19.5. The monoisotopic (exact) mass is 374 g/mol. The summed E-state index contributed by atoms with van der Waals surface area (Å²) in [5.74, 6) is -0.226. The van der Waals surface area contributed by atoms with Gasteiger partial charge in [-0.05, 0) is 31.2 Å². The van der Waals surface area contributed by atoms with Crippen molar-refractivity contribution in [1.82, 2.24) is 30.5 Å². The van der Waals surface area contributed by atoms with Crippen molar-refractivity contribution in [3.05, 3.63) is 82.0 Å². The smallest absolute Gasteiger partial charge is 0.279 e. The molecule has 140 valence electrons. The fourth-order valence-electron chi connectivity index (χ4n) is 3.05. The van der Waals surface area contributed by atoms with E-state index in [2.05, 4.69) is 25.8 Å². The second-order valence-electron chi connectivity index (χ2n) is 6.37. The van der Waals surface area contributed by atoms with Gasteiger partial charge in [0.25, 0.3) is 11.5 Å². The fraction of sp³-hybridized carbons (Fsp3) is 0.150. The molecule has 2 N–H and O–H groups in total. The lowest BCUT2D eigenvalue weighted by atomic mass is 10.1. The van der Waals surface area contributed by atoms with Crippen molar-refractivity contribution in [3.8, 4) is 5.69 Å². The molecule has 0 saturated carbocycles. The third-order valence-electron chi connectivity index (χ3n) is 4.47. The number of carbonyl (C=O) groups excluding carboxylic acids is 1. The fourth-order valence-corrected chi connectivity index (χ4v) is 3.05. The van der Waals surface area contributed by atoms with Gasteiger partial charge in [0.05, 0.1) is 28.7 Å². The van der Waals surface area contributed by atoms with Crippen LogP contribution in [0.2, 0.25) is 0 Å². The highest BCUT2D eigenvalue weighted by Crippen LogP contribution is 2.15. The second-order valence-corrected chi connectivity index (χ2v) is 6.37. The molecule has 0 aliphatic carbocycles. The molecule has 28 heavy (non-hydrogen) atoms. The van der Waals surface area contributed by atoms with Gasteiger partial charge in [-0.1, -0.05) is 24.3 Å². The van der Waals surface area contributed by atoms with Crippen LogP contribution < -0.4 is 10.9 Å². The summed E-state index contributed by atoms with van der Waals surface area (Å²) in [6.45, 7) is 2.29. The van der Waals surface area contributed by atoms with Gasteiger partial charge in [0.15, 0.2) is 0 Å². The van der Waals surface area contributed by atoms with Gasteiger partial charge in [-0.3, -0.25) is 9.59 Å². The van der Waals surface area contributed by atoms with Crippen molar-refractivity contribution in [3.63, 3.8) is 0 Å². The van der Waals surface area contributed by atoms with E-state index in [9.17, 15) is 9.59 Å². The van der Waals surface area contributed by atoms with Crippen molar-refractivity contribution < 1.29 is 4.79 Å². The molecule has 0 atom stereocenters. The van der Waals surface area contributed by atoms with Gasteiger partial charge in [0.1, 0.15) is 0 Å². The summed E-state index contributed by atoms with van der Waals surface area (Å²) < 4.78 is 1.34. The first-order valence-electron chi connectivity index (χ1n) is 8.85. The molecule has 0 radical (unpaired) electrons. The van der Waals surface area contributed by atoms with Crippen LogP contribution >= 0.6 is 0 Å². The zero-order valence-corrected chi connectivity index (χ0v) is 15.2. The van der Waals surface area contributed by atoms with Gasteiger partial charge in [-0.2, -0.15) is 25.2 Å². The van der Waals surface area contributed by atoms with Crippen molar-refractivity contribution in [1.29, 1.82) is 0 Å². The minimum atomic E-state index is -0.226. The average Bonchev–Trinajstić information content (AvgIpc) is 3.24. The molecular weight excluding hydrogens is 356 g/mol. The Hall–Kier alpha value is -3.81. The number of rotatable bonds is 5. The summed E-state index contributed by atoms with van der Waals surface area (Å²) >= 11 is 0. The molecule has 2 heterocycles. The normalized spacial score (nSPS) is 10.9. The number of hydrogen-bond donors (Lipinski definition) is 2. The van der Waals surface area contributed by atoms with E-state index >= 15 is 0 Å². The van der Waals surface area contributed by atoms with Gasteiger partial charge >= 0.3 is 0 Å². The van der Waals surface area contributed by atoms with Crippen LogP contribution in [-0.4, -0.2) is 37.6 Å². The molecule has 0 aliphatic rings. The van der Waals surface area contributed by atoms with Crippen LogP contribution in [0.5, 0.6) is 0 Å². The van der Waals surface area contributed by atoms with Crippen molar-refractivity contribution in [2.45, 2.75) is 13.3 Å². The average molecular weight is 374 g/mol. The predicted octanol–water partition coefficient (Wildman–Crippen LogP) is 1.78. The molecule has 0 unspecified atom stereocenters. The maximum atomic E-state index is 12.8. The van der Waals surface area contributed by atoms with Gasteiger partial charge in [-0.25, -0.2) is 0 Å². The SMILES string of the molecule is Cc1nn(-c2cccc(C(=O)NCCc3cn[nH]n3)c2)c(=O)c2ccccc12. The summed E-state index contributed by atoms with van der Waals surface area (Å²) in [4.78, 5) is 25.3. The number of hydrogen-bond acceptors (Lipinski definition) is 5. The van der Waals surface area contributed by atoms with Crippen LogP contribution in [0, 0.1) is 6.92 Å². The lowest BCUT2D eigenvalue weighted by Gasteiger charge is -2.10. The van der Waals surface area contributed by atoms with Gasteiger partial charge in [0.2, 0.25) is 0 Å². The zero-order valence-electron chi connectivity index (χ0n) is 15.2. The minimum absolute atomic E-state index is 0.218. The number of carbonyl (C=O) groups is 1. The largest absolute Gasteiger partial charge is 0.352 e. The molecule has 0 bridgehead atoms. The quantitative estimate of drug-likeness (QED) is 0.554. The number of nitrogens with one attached hydrogen (secondary N) is 2. The third kappa shape index (κ3) is 3.39. The van der Waals surface area contributed by atoms with Crippen LogP contribution in [0.1, 0.15) is 21.7 Å². The van der Waals surface area contributed by atoms with Crippen molar-refractivity contribution in [2.75, 3.05) is 6.54 Å². The molecule has 4 rings (SSSR count). The standard InChI is InChI=1S/C20H18N6O2/c1-13-17-7-2-3-8-18(17)20(28)26(24-13)16-6-4-5-14(11-16)19(27)21-10-9-15-12-22-25-23-15/h2-8,11-12H,9-10H2,1H3,(H,21,27)(H,22,23,25). The Morgan fingerprint density at radius 3 is 2.75 bits per heavy atom. The van der Waals surface area contributed by atoms with E-state index in [-0.39, 0.29) is 11.5 Å². The number of aromatic amines is 1. The van der Waals surface area contributed by atoms with Crippen molar-refractivity contribution >= 4 is 16.7 Å². The Balaban J connectivity index is 1.60. The molecule has 0 spiro atoms. The number of amides is 1. The summed E-state index contributed by atoms with van der Waals surface area (Å²) in [5, 5.41) is 18.9. The lowest BCUT2D eigenvalue weighted by Crippen LogP contribution is -2.26. The van der Waals surface area contributed by atoms with E-state index in [1.807, 2.05) is 25.1 Å². The number of fused-ring (bicyclic) bond motifs is 1. The van der Waals surface area contributed by atoms with E-state index in [4.69, 9.17) is 0 Å². The molecule has 1 amide bonds. The molecule has 2 aromatic heterocycles. The van der Waals surface area contributed by atoms with Gasteiger partial charge in [-0.15, -0.1) is 0 Å². The van der Waals surface area contributed by atoms with Crippen LogP contribution in [0.15, 0.2) is 59.5 Å². The van der Waals surface area contributed by atoms with Gasteiger partial charge in [0, 0.05) is 23.9 Å². The third-order valence-corrected chi connectivity index (χ3v) is 4.47. The first-order valence-corrected chi connectivity index (χ1v) is 8.85. The Labute approximate surface area is 160 Å². The number of aryl methyl sites for hydroxylation is 1. The first-order chi connectivity index (χ1) is 13.6. The number of nitrogens with zero attached hydrogens (tertiary/aromatic N) is 4. The predicted molar refractivity (Wildman–Crippen MR) is 104 cm³/mol. The van der Waals surface area contributed by atoms with Crippen LogP contribution in [0.3, 0.4) is 0 Å². The summed E-state index contributed by atoms with van der Waals surface area (Å²) in [6.07, 6.45) is 2.19. The molecule has 0 fully saturated rings. The summed E-state index contributed by atoms with van der Waals surface area (Å²) in [7, 11) is 0. The second kappa shape index (κ2) is 7.43. The number of H-pyrrole nitrogens is 1. The van der Waals surface area contributed by atoms with E-state index in [0.29, 0.717) is 29.6 Å². The number of benzene rings is 2. The van der Waals surface area contributed by atoms with Crippen molar-refractivity contribution in [2.24, 2.45) is 0 Å². The summed E-state index contributed by atoms with van der Waals surface area (Å²) in [5.41, 5.74) is 2.30. The highest BCUT2D eigenvalue weighted by Gasteiger charge is 2.11. The molecule has 8 heteroatoms. The summed E-state index contributed by atoms with van der Waals surface area (Å²) in [6, 6.07) is 14.2.